The third kappa shape index (κ3) is 6.00. The number of carboxylic acid groups (broad SMARTS) is 1. The largest absolute Gasteiger partial charge is 0.480 e. The van der Waals surface area contributed by atoms with Crippen molar-refractivity contribution in [1.29, 1.82) is 0 Å². The van der Waals surface area contributed by atoms with E-state index < -0.39 is 24.0 Å². The van der Waals surface area contributed by atoms with Crippen molar-refractivity contribution < 1.29 is 24.2 Å². The van der Waals surface area contributed by atoms with Crippen molar-refractivity contribution in [1.82, 2.24) is 10.6 Å². The first-order valence-corrected chi connectivity index (χ1v) is 11.1. The summed E-state index contributed by atoms with van der Waals surface area (Å²) in [5.41, 5.74) is 4.90. The van der Waals surface area contributed by atoms with Gasteiger partial charge in [-0.25, -0.2) is 9.59 Å². The zero-order valence-corrected chi connectivity index (χ0v) is 19.1. The van der Waals surface area contributed by atoms with Gasteiger partial charge in [0.25, 0.3) is 0 Å². The number of hydrogen-bond donors (Lipinski definition) is 3. The molecule has 1 unspecified atom stereocenters. The molecular weight excluding hydrogens is 420 g/mol. The van der Waals surface area contributed by atoms with E-state index >= 15 is 0 Å². The molecule has 3 rings (SSSR count). The molecule has 3 N–H and O–H groups in total. The molecule has 0 fully saturated rings. The minimum atomic E-state index is -1.07. The van der Waals surface area contributed by atoms with Crippen molar-refractivity contribution >= 4 is 18.0 Å². The Hall–Kier alpha value is -3.61. The summed E-state index contributed by atoms with van der Waals surface area (Å²) in [4.78, 5) is 35.8. The monoisotopic (exact) mass is 450 g/mol. The van der Waals surface area contributed by atoms with Crippen LogP contribution in [-0.2, 0) is 14.3 Å². The molecule has 2 amide bonds. The van der Waals surface area contributed by atoms with Gasteiger partial charge in [0, 0.05) is 18.0 Å². The third-order valence-electron chi connectivity index (χ3n) is 5.67. The Kier molecular flexibility index (Phi) is 7.87. The first-order valence-electron chi connectivity index (χ1n) is 11.1. The molecule has 174 valence electrons. The number of carbonyl (C=O) groups is 3. The van der Waals surface area contributed by atoms with Crippen LogP contribution in [0.15, 0.2) is 60.2 Å². The van der Waals surface area contributed by atoms with Crippen LogP contribution in [0.4, 0.5) is 4.79 Å². The highest BCUT2D eigenvalue weighted by Gasteiger charge is 2.29. The standard InChI is InChI=1S/C26H30N2O5/c1-16(2)14-23(25(30)31)28-24(29)17(3)12-13-27-26(32)33-15-22-20-10-6-4-8-18(20)19-9-5-7-11-21(19)22/h4-12,16,22-23H,13-15H2,1-3H3,(H,27,32)(H,28,29)(H,30,31)/b17-12+. The average molecular weight is 451 g/mol. The van der Waals surface area contributed by atoms with Gasteiger partial charge in [0.1, 0.15) is 12.6 Å². The van der Waals surface area contributed by atoms with Crippen LogP contribution in [-0.4, -0.2) is 42.3 Å². The van der Waals surface area contributed by atoms with E-state index in [0.29, 0.717) is 12.0 Å². The fourth-order valence-electron chi connectivity index (χ4n) is 3.99. The summed E-state index contributed by atoms with van der Waals surface area (Å²) in [5, 5.41) is 14.4. The van der Waals surface area contributed by atoms with Gasteiger partial charge in [-0.2, -0.15) is 0 Å². The van der Waals surface area contributed by atoms with Gasteiger partial charge >= 0.3 is 12.1 Å². The number of ether oxygens (including phenoxy) is 1. The van der Waals surface area contributed by atoms with Gasteiger partial charge in [0.15, 0.2) is 0 Å². The number of nitrogens with one attached hydrogen (secondary N) is 2. The molecule has 0 spiro atoms. The van der Waals surface area contributed by atoms with Gasteiger partial charge in [-0.15, -0.1) is 0 Å². The van der Waals surface area contributed by atoms with Crippen LogP contribution < -0.4 is 10.6 Å². The Bertz CT molecular complexity index is 1010. The van der Waals surface area contributed by atoms with E-state index in [1.807, 2.05) is 38.1 Å². The Morgan fingerprint density at radius 3 is 2.15 bits per heavy atom. The van der Waals surface area contributed by atoms with Gasteiger partial charge in [0.05, 0.1) is 0 Å². The highest BCUT2D eigenvalue weighted by molar-refractivity contribution is 5.95. The first kappa shape index (κ1) is 24.0. The Morgan fingerprint density at radius 1 is 1.03 bits per heavy atom. The molecule has 7 nitrogen and oxygen atoms in total. The second kappa shape index (κ2) is 10.8. The van der Waals surface area contributed by atoms with E-state index in [1.165, 1.54) is 6.08 Å². The zero-order chi connectivity index (χ0) is 24.0. The number of carbonyl (C=O) groups excluding carboxylic acids is 2. The smallest absolute Gasteiger partial charge is 0.407 e. The molecular formula is C26H30N2O5. The van der Waals surface area contributed by atoms with Crippen molar-refractivity contribution in [3.05, 3.63) is 71.3 Å². The van der Waals surface area contributed by atoms with Crippen LogP contribution in [0, 0.1) is 5.92 Å². The molecule has 1 atom stereocenters. The number of fused-ring (bicyclic) bond motifs is 3. The minimum absolute atomic E-state index is 0.0277. The summed E-state index contributed by atoms with van der Waals surface area (Å²) in [6.45, 7) is 5.66. The van der Waals surface area contributed by atoms with Gasteiger partial charge < -0.3 is 20.5 Å². The number of rotatable bonds is 9. The molecule has 1 aliphatic carbocycles. The average Bonchev–Trinajstić information content (AvgIpc) is 3.10. The molecule has 2 aromatic carbocycles. The van der Waals surface area contributed by atoms with Gasteiger partial charge in [-0.05, 0) is 41.5 Å². The molecule has 33 heavy (non-hydrogen) atoms. The number of alkyl carbamates (subject to hydrolysis) is 1. The molecule has 0 saturated carbocycles. The van der Waals surface area contributed by atoms with Gasteiger partial charge in [-0.3, -0.25) is 4.79 Å². The number of hydrogen-bond acceptors (Lipinski definition) is 4. The molecule has 2 aromatic rings. The van der Waals surface area contributed by atoms with E-state index in [9.17, 15) is 19.5 Å². The highest BCUT2D eigenvalue weighted by atomic mass is 16.5. The summed E-state index contributed by atoms with van der Waals surface area (Å²) in [7, 11) is 0. The normalized spacial score (nSPS) is 13.8. The number of benzene rings is 2. The second-order valence-electron chi connectivity index (χ2n) is 8.59. The highest BCUT2D eigenvalue weighted by Crippen LogP contribution is 2.44. The van der Waals surface area contributed by atoms with Crippen LogP contribution in [0.1, 0.15) is 44.2 Å². The Balaban J connectivity index is 1.51. The predicted molar refractivity (Wildman–Crippen MR) is 126 cm³/mol. The van der Waals surface area contributed by atoms with E-state index in [4.69, 9.17) is 4.74 Å². The second-order valence-corrected chi connectivity index (χ2v) is 8.59. The summed E-state index contributed by atoms with van der Waals surface area (Å²) in [6, 6.07) is 15.3. The van der Waals surface area contributed by atoms with Gasteiger partial charge in [0.2, 0.25) is 5.91 Å². The summed E-state index contributed by atoms with van der Waals surface area (Å²) in [6.07, 6.45) is 1.29. The molecule has 7 heteroatoms. The first-order chi connectivity index (χ1) is 15.8. The lowest BCUT2D eigenvalue weighted by Crippen LogP contribution is -2.42. The van der Waals surface area contributed by atoms with Crippen molar-refractivity contribution in [2.45, 2.75) is 39.2 Å². The predicted octanol–water partition coefficient (Wildman–Crippen LogP) is 4.09. The fraction of sp³-hybridized carbons (Fsp3) is 0.346. The Morgan fingerprint density at radius 2 is 1.61 bits per heavy atom. The number of amides is 2. The van der Waals surface area contributed by atoms with Crippen molar-refractivity contribution in [3.63, 3.8) is 0 Å². The molecule has 0 aliphatic heterocycles. The Labute approximate surface area is 193 Å². The lowest BCUT2D eigenvalue weighted by molar-refractivity contribution is -0.141. The molecule has 0 heterocycles. The number of carboxylic acids is 1. The maximum Gasteiger partial charge on any atom is 0.407 e. The quantitative estimate of drug-likeness (QED) is 0.499. The SMILES string of the molecule is C/C(=C\CNC(=O)OCC1c2ccccc2-c2ccccc21)C(=O)NC(CC(C)C)C(=O)O. The van der Waals surface area contributed by atoms with E-state index in [0.717, 1.165) is 22.3 Å². The van der Waals surface area contributed by atoms with Gasteiger partial charge in [-0.1, -0.05) is 68.5 Å². The fourth-order valence-corrected chi connectivity index (χ4v) is 3.99. The maximum absolute atomic E-state index is 12.3. The van der Waals surface area contributed by atoms with Crippen LogP contribution in [0.2, 0.25) is 0 Å². The molecule has 0 bridgehead atoms. The molecule has 1 aliphatic rings. The van der Waals surface area contributed by atoms with Crippen LogP contribution in [0.25, 0.3) is 11.1 Å². The molecule has 0 aromatic heterocycles. The number of aliphatic carboxylic acids is 1. The zero-order valence-electron chi connectivity index (χ0n) is 19.1. The van der Waals surface area contributed by atoms with Crippen molar-refractivity contribution in [2.75, 3.05) is 13.2 Å². The summed E-state index contributed by atoms with van der Waals surface area (Å²) in [5.74, 6) is -1.44. The van der Waals surface area contributed by atoms with E-state index in [-0.39, 0.29) is 25.0 Å². The van der Waals surface area contributed by atoms with E-state index in [1.54, 1.807) is 6.92 Å². The lowest BCUT2D eigenvalue weighted by atomic mass is 9.98. The summed E-state index contributed by atoms with van der Waals surface area (Å²) < 4.78 is 5.46. The third-order valence-corrected chi connectivity index (χ3v) is 5.67. The molecule has 0 radical (unpaired) electrons. The summed E-state index contributed by atoms with van der Waals surface area (Å²) >= 11 is 0. The van der Waals surface area contributed by atoms with Crippen LogP contribution >= 0.6 is 0 Å². The van der Waals surface area contributed by atoms with Crippen molar-refractivity contribution in [2.24, 2.45) is 5.92 Å². The van der Waals surface area contributed by atoms with E-state index in [2.05, 4.69) is 34.9 Å². The van der Waals surface area contributed by atoms with Crippen LogP contribution in [0.3, 0.4) is 0 Å². The maximum atomic E-state index is 12.3. The van der Waals surface area contributed by atoms with Crippen molar-refractivity contribution in [3.8, 4) is 11.1 Å². The minimum Gasteiger partial charge on any atom is -0.480 e. The topological polar surface area (TPSA) is 105 Å². The van der Waals surface area contributed by atoms with Crippen LogP contribution in [0.5, 0.6) is 0 Å². The lowest BCUT2D eigenvalue weighted by Gasteiger charge is -2.16. The molecule has 0 saturated heterocycles.